The number of hydrogen-bond acceptors (Lipinski definition) is 5. The molecule has 1 unspecified atom stereocenters. The van der Waals surface area contributed by atoms with Gasteiger partial charge in [-0.05, 0) is 36.8 Å². The van der Waals surface area contributed by atoms with Gasteiger partial charge in [-0.2, -0.15) is 18.4 Å². The van der Waals surface area contributed by atoms with Crippen LogP contribution in [0.5, 0.6) is 0 Å². The molecule has 0 bridgehead atoms. The van der Waals surface area contributed by atoms with Gasteiger partial charge in [0, 0.05) is 37.1 Å². The van der Waals surface area contributed by atoms with Crippen LogP contribution in [0.3, 0.4) is 0 Å². The Morgan fingerprint density at radius 3 is 2.61 bits per heavy atom. The average Bonchev–Trinajstić information content (AvgIpc) is 3.22. The van der Waals surface area contributed by atoms with Crippen LogP contribution in [0.1, 0.15) is 34.5 Å². The third-order valence-corrected chi connectivity index (χ3v) is 4.65. The molecule has 0 saturated heterocycles. The van der Waals surface area contributed by atoms with Gasteiger partial charge in [0.25, 0.3) is 5.91 Å². The first-order valence-electron chi connectivity index (χ1n) is 9.36. The summed E-state index contributed by atoms with van der Waals surface area (Å²) in [4.78, 5) is 20.3. The lowest BCUT2D eigenvalue weighted by Crippen LogP contribution is -2.23. The van der Waals surface area contributed by atoms with E-state index in [9.17, 15) is 18.0 Å². The molecule has 2 aromatic heterocycles. The predicted octanol–water partition coefficient (Wildman–Crippen LogP) is 3.53. The number of carbonyl (C=O) groups is 1. The van der Waals surface area contributed by atoms with Crippen molar-refractivity contribution in [3.63, 3.8) is 0 Å². The van der Waals surface area contributed by atoms with Crippen LogP contribution in [0, 0.1) is 11.5 Å². The second kappa shape index (κ2) is 9.40. The fourth-order valence-corrected chi connectivity index (χ4v) is 2.94. The van der Waals surface area contributed by atoms with E-state index in [2.05, 4.69) is 20.6 Å². The number of pyridine rings is 1. The molecular weight excluding hydrogens is 409 g/mol. The van der Waals surface area contributed by atoms with Crippen LogP contribution in [0.4, 0.5) is 13.2 Å². The fourth-order valence-electron chi connectivity index (χ4n) is 2.94. The van der Waals surface area contributed by atoms with Crippen LogP contribution in [-0.2, 0) is 12.7 Å². The summed E-state index contributed by atoms with van der Waals surface area (Å²) in [5.74, 6) is -0.521. The molecule has 31 heavy (non-hydrogen) atoms. The lowest BCUT2D eigenvalue weighted by Gasteiger charge is -2.15. The van der Waals surface area contributed by atoms with Gasteiger partial charge in [0.2, 0.25) is 0 Å². The van der Waals surface area contributed by atoms with Gasteiger partial charge in [-0.3, -0.25) is 15.1 Å². The largest absolute Gasteiger partial charge is 0.416 e. The van der Waals surface area contributed by atoms with Gasteiger partial charge in [0.05, 0.1) is 17.6 Å². The smallest absolute Gasteiger partial charge is 0.335 e. The van der Waals surface area contributed by atoms with E-state index in [1.165, 1.54) is 24.4 Å². The van der Waals surface area contributed by atoms with E-state index in [4.69, 9.17) is 5.26 Å². The van der Waals surface area contributed by atoms with E-state index >= 15 is 0 Å². The van der Waals surface area contributed by atoms with Crippen LogP contribution in [0.25, 0.3) is 11.4 Å². The second-order valence-electron chi connectivity index (χ2n) is 6.79. The van der Waals surface area contributed by atoms with Gasteiger partial charge in [-0.25, -0.2) is 4.98 Å². The van der Waals surface area contributed by atoms with Crippen LogP contribution in [-0.4, -0.2) is 27.0 Å². The Morgan fingerprint density at radius 1 is 1.19 bits per heavy atom. The number of nitrogens with zero attached hydrogens (tertiary/aromatic N) is 4. The maximum Gasteiger partial charge on any atom is 0.416 e. The van der Waals surface area contributed by atoms with E-state index in [-0.39, 0.29) is 6.04 Å². The van der Waals surface area contributed by atoms with Crippen molar-refractivity contribution in [3.8, 4) is 17.6 Å². The van der Waals surface area contributed by atoms with Crippen molar-refractivity contribution < 1.29 is 18.0 Å². The molecule has 0 aliphatic heterocycles. The standard InChI is InChI=1S/C21H19F3N6O/c1-14(15-2-4-17(5-3-15)21(22,23)24)26-8-9-30-11-19(29-13-30)18-10-16(6-7-27-18)20(31)28-12-25/h2-7,10-11,13-14,26H,8-9H2,1H3,(H,28,31). The number of imidazole rings is 1. The van der Waals surface area contributed by atoms with Crippen LogP contribution in [0.15, 0.2) is 55.1 Å². The lowest BCUT2D eigenvalue weighted by molar-refractivity contribution is -0.137. The van der Waals surface area contributed by atoms with Crippen molar-refractivity contribution in [2.24, 2.45) is 0 Å². The molecular formula is C21H19F3N6O. The van der Waals surface area contributed by atoms with Gasteiger partial charge < -0.3 is 9.88 Å². The Hall–Kier alpha value is -3.71. The number of alkyl halides is 3. The maximum atomic E-state index is 12.7. The molecule has 10 heteroatoms. The molecule has 1 atom stereocenters. The van der Waals surface area contributed by atoms with Crippen molar-refractivity contribution in [1.82, 2.24) is 25.2 Å². The summed E-state index contributed by atoms with van der Waals surface area (Å²) in [6.45, 7) is 3.02. The number of rotatable bonds is 7. The Morgan fingerprint density at radius 2 is 1.94 bits per heavy atom. The highest BCUT2D eigenvalue weighted by molar-refractivity contribution is 5.95. The van der Waals surface area contributed by atoms with Crippen molar-refractivity contribution in [3.05, 3.63) is 71.8 Å². The quantitative estimate of drug-likeness (QED) is 0.443. The Bertz CT molecular complexity index is 1090. The normalized spacial score (nSPS) is 12.2. The summed E-state index contributed by atoms with van der Waals surface area (Å²) in [5, 5.41) is 13.9. The summed E-state index contributed by atoms with van der Waals surface area (Å²) in [5.41, 5.74) is 1.46. The Kier molecular flexibility index (Phi) is 6.67. The molecule has 0 aliphatic carbocycles. The van der Waals surface area contributed by atoms with Gasteiger partial charge in [0.1, 0.15) is 5.69 Å². The number of nitrogens with one attached hydrogen (secondary N) is 2. The topological polar surface area (TPSA) is 95.6 Å². The van der Waals surface area contributed by atoms with Crippen molar-refractivity contribution in [2.75, 3.05) is 6.54 Å². The molecule has 3 rings (SSSR count). The number of hydrogen-bond donors (Lipinski definition) is 2. The van der Waals surface area contributed by atoms with Gasteiger partial charge in [0.15, 0.2) is 6.19 Å². The van der Waals surface area contributed by atoms with Gasteiger partial charge in [-0.1, -0.05) is 12.1 Å². The van der Waals surface area contributed by atoms with E-state index in [1.807, 2.05) is 11.5 Å². The van der Waals surface area contributed by atoms with Gasteiger partial charge in [-0.15, -0.1) is 0 Å². The molecule has 2 N–H and O–H groups in total. The number of halogens is 3. The first-order chi connectivity index (χ1) is 14.8. The third-order valence-electron chi connectivity index (χ3n) is 4.65. The van der Waals surface area contributed by atoms with Crippen molar-refractivity contribution in [2.45, 2.75) is 25.7 Å². The fraction of sp³-hybridized carbons (Fsp3) is 0.238. The van der Waals surface area contributed by atoms with E-state index in [1.54, 1.807) is 24.8 Å². The number of aromatic nitrogens is 3. The monoisotopic (exact) mass is 428 g/mol. The molecule has 0 aliphatic rings. The minimum Gasteiger partial charge on any atom is -0.335 e. The summed E-state index contributed by atoms with van der Waals surface area (Å²) < 4.78 is 39.9. The minimum atomic E-state index is -4.35. The molecule has 160 valence electrons. The third kappa shape index (κ3) is 5.67. The first kappa shape index (κ1) is 22.0. The van der Waals surface area contributed by atoms with Crippen LogP contribution < -0.4 is 10.6 Å². The molecule has 0 radical (unpaired) electrons. The molecule has 0 spiro atoms. The highest BCUT2D eigenvalue weighted by Crippen LogP contribution is 2.29. The van der Waals surface area contributed by atoms with Crippen LogP contribution >= 0.6 is 0 Å². The van der Waals surface area contributed by atoms with Crippen molar-refractivity contribution in [1.29, 1.82) is 5.26 Å². The molecule has 0 saturated carbocycles. The summed E-state index contributed by atoms with van der Waals surface area (Å²) in [7, 11) is 0. The highest BCUT2D eigenvalue weighted by Gasteiger charge is 2.30. The first-order valence-corrected chi connectivity index (χ1v) is 9.36. The minimum absolute atomic E-state index is 0.123. The highest BCUT2D eigenvalue weighted by atomic mass is 19.4. The van der Waals surface area contributed by atoms with E-state index in [0.717, 1.165) is 17.7 Å². The molecule has 1 aromatic carbocycles. The van der Waals surface area contributed by atoms with Crippen molar-refractivity contribution >= 4 is 5.91 Å². The summed E-state index contributed by atoms with van der Waals surface area (Å²) >= 11 is 0. The predicted molar refractivity (Wildman–Crippen MR) is 106 cm³/mol. The summed E-state index contributed by atoms with van der Waals surface area (Å²) in [6, 6.07) is 8.02. The molecule has 7 nitrogen and oxygen atoms in total. The Balaban J connectivity index is 1.57. The van der Waals surface area contributed by atoms with E-state index in [0.29, 0.717) is 30.0 Å². The van der Waals surface area contributed by atoms with Gasteiger partial charge >= 0.3 is 6.18 Å². The second-order valence-corrected chi connectivity index (χ2v) is 6.79. The molecule has 2 heterocycles. The zero-order valence-electron chi connectivity index (χ0n) is 16.5. The Labute approximate surface area is 176 Å². The van der Waals surface area contributed by atoms with E-state index < -0.39 is 17.6 Å². The average molecular weight is 428 g/mol. The SMILES string of the molecule is CC(NCCn1cnc(-c2cc(C(=O)NC#N)ccn2)c1)c1ccc(C(F)(F)F)cc1. The number of carbonyl (C=O) groups excluding carboxylic acids is 1. The molecule has 0 fully saturated rings. The zero-order valence-corrected chi connectivity index (χ0v) is 16.5. The number of benzene rings is 1. The lowest BCUT2D eigenvalue weighted by atomic mass is 10.1. The van der Waals surface area contributed by atoms with Crippen LogP contribution in [0.2, 0.25) is 0 Å². The molecule has 1 amide bonds. The number of amides is 1. The maximum absolute atomic E-state index is 12.7. The molecule has 3 aromatic rings. The zero-order chi connectivity index (χ0) is 22.4. The summed E-state index contributed by atoms with van der Waals surface area (Å²) in [6.07, 6.45) is 2.11. The number of nitriles is 1.